The maximum absolute atomic E-state index is 6.02. The molecule has 0 unspecified atom stereocenters. The molecule has 3 rings (SSSR count). The van der Waals surface area contributed by atoms with E-state index in [1.807, 2.05) is 18.2 Å². The number of benzene rings is 2. The number of halogens is 1. The Hall–Kier alpha value is -1.51. The third kappa shape index (κ3) is 3.58. The molecule has 0 bridgehead atoms. The van der Waals surface area contributed by atoms with Gasteiger partial charge in [0.1, 0.15) is 12.4 Å². The van der Waals surface area contributed by atoms with Crippen LogP contribution in [0.4, 0.5) is 0 Å². The van der Waals surface area contributed by atoms with Crippen molar-refractivity contribution in [2.75, 3.05) is 6.54 Å². The molecule has 1 N–H and O–H groups in total. The minimum absolute atomic E-state index is 0. The highest BCUT2D eigenvalue weighted by atomic mass is 35.5. The molecule has 1 aliphatic rings. The van der Waals surface area contributed by atoms with E-state index in [0.29, 0.717) is 12.6 Å². The lowest BCUT2D eigenvalue weighted by Gasteiger charge is -2.29. The van der Waals surface area contributed by atoms with Gasteiger partial charge < -0.3 is 10.1 Å². The van der Waals surface area contributed by atoms with Crippen LogP contribution in [0.3, 0.4) is 0 Å². The van der Waals surface area contributed by atoms with E-state index in [9.17, 15) is 0 Å². The standard InChI is InChI=1S/C18H21NO.ClH/c1-13-10-16(17-8-9-19-17)11-14(2)18(13)20-12-15-6-4-3-5-7-15;/h3-7,10-11,17,19H,8-9,12H2,1-2H3;1H/t17-;/m0./s1. The van der Waals surface area contributed by atoms with Crippen molar-refractivity contribution in [3.8, 4) is 5.75 Å². The van der Waals surface area contributed by atoms with Gasteiger partial charge in [0.15, 0.2) is 0 Å². The van der Waals surface area contributed by atoms with Crippen LogP contribution in [0.5, 0.6) is 5.75 Å². The van der Waals surface area contributed by atoms with Crippen LogP contribution < -0.4 is 10.1 Å². The molecule has 0 radical (unpaired) electrons. The van der Waals surface area contributed by atoms with Crippen LogP contribution in [0.15, 0.2) is 42.5 Å². The Bertz CT molecular complexity index is 570. The fourth-order valence-electron chi connectivity index (χ4n) is 2.72. The third-order valence-corrected chi connectivity index (χ3v) is 3.93. The third-order valence-electron chi connectivity index (χ3n) is 3.93. The maximum Gasteiger partial charge on any atom is 0.125 e. The van der Waals surface area contributed by atoms with Crippen molar-refractivity contribution in [1.29, 1.82) is 0 Å². The molecule has 1 aliphatic heterocycles. The van der Waals surface area contributed by atoms with Crippen LogP contribution in [0, 0.1) is 13.8 Å². The molecule has 2 aromatic rings. The molecule has 0 spiro atoms. The summed E-state index contributed by atoms with van der Waals surface area (Å²) in [6.45, 7) is 6.03. The van der Waals surface area contributed by atoms with Crippen LogP contribution >= 0.6 is 12.4 Å². The Kier molecular flexibility index (Phi) is 5.27. The molecular weight excluding hydrogens is 282 g/mol. The molecule has 0 amide bonds. The summed E-state index contributed by atoms with van der Waals surface area (Å²) in [5.74, 6) is 1.02. The van der Waals surface area contributed by atoms with Gasteiger partial charge in [0.2, 0.25) is 0 Å². The second kappa shape index (κ2) is 6.97. The van der Waals surface area contributed by atoms with Gasteiger partial charge in [-0.2, -0.15) is 0 Å². The highest BCUT2D eigenvalue weighted by Gasteiger charge is 2.20. The number of hydrogen-bond acceptors (Lipinski definition) is 2. The quantitative estimate of drug-likeness (QED) is 0.907. The first-order valence-electron chi connectivity index (χ1n) is 7.25. The van der Waals surface area contributed by atoms with Gasteiger partial charge in [-0.3, -0.25) is 0 Å². The molecule has 1 fully saturated rings. The average Bonchev–Trinajstić information content (AvgIpc) is 2.37. The lowest BCUT2D eigenvalue weighted by atomic mass is 9.94. The van der Waals surface area contributed by atoms with Gasteiger partial charge in [-0.05, 0) is 49.1 Å². The molecule has 2 nitrogen and oxygen atoms in total. The number of ether oxygens (including phenoxy) is 1. The number of hydrogen-bond donors (Lipinski definition) is 1. The first-order chi connectivity index (χ1) is 9.74. The Labute approximate surface area is 132 Å². The van der Waals surface area contributed by atoms with Crippen LogP contribution in [-0.4, -0.2) is 6.54 Å². The van der Waals surface area contributed by atoms with Crippen LogP contribution in [-0.2, 0) is 6.61 Å². The van der Waals surface area contributed by atoms with Gasteiger partial charge in [-0.25, -0.2) is 0 Å². The van der Waals surface area contributed by atoms with Crippen LogP contribution in [0.2, 0.25) is 0 Å². The Morgan fingerprint density at radius 2 is 1.71 bits per heavy atom. The normalized spacial score (nSPS) is 16.8. The van der Waals surface area contributed by atoms with Crippen molar-refractivity contribution in [3.63, 3.8) is 0 Å². The van der Waals surface area contributed by atoms with E-state index in [4.69, 9.17) is 4.74 Å². The summed E-state index contributed by atoms with van der Waals surface area (Å²) in [7, 11) is 0. The zero-order chi connectivity index (χ0) is 13.9. The van der Waals surface area contributed by atoms with Gasteiger partial charge in [0.05, 0.1) is 0 Å². The fourth-order valence-corrected chi connectivity index (χ4v) is 2.72. The zero-order valence-electron chi connectivity index (χ0n) is 12.6. The van der Waals surface area contributed by atoms with Gasteiger partial charge in [0, 0.05) is 6.04 Å². The van der Waals surface area contributed by atoms with Crippen LogP contribution in [0.1, 0.15) is 34.7 Å². The van der Waals surface area contributed by atoms with E-state index < -0.39 is 0 Å². The molecule has 1 heterocycles. The van der Waals surface area contributed by atoms with E-state index in [1.54, 1.807) is 0 Å². The van der Waals surface area contributed by atoms with Gasteiger partial charge in [-0.15, -0.1) is 12.4 Å². The Balaban J connectivity index is 0.00000161. The van der Waals surface area contributed by atoms with Crippen molar-refractivity contribution < 1.29 is 4.74 Å². The summed E-state index contributed by atoms with van der Waals surface area (Å²) in [4.78, 5) is 0. The molecular formula is C18H22ClNO. The second-order valence-corrected chi connectivity index (χ2v) is 5.55. The van der Waals surface area contributed by atoms with E-state index in [0.717, 1.165) is 12.3 Å². The lowest BCUT2D eigenvalue weighted by Crippen LogP contribution is -2.35. The van der Waals surface area contributed by atoms with Crippen molar-refractivity contribution in [2.24, 2.45) is 0 Å². The SMILES string of the molecule is Cc1cc([C@@H]2CCN2)cc(C)c1OCc1ccccc1.Cl. The smallest absolute Gasteiger partial charge is 0.125 e. The van der Waals surface area contributed by atoms with Crippen molar-refractivity contribution in [1.82, 2.24) is 5.32 Å². The molecule has 112 valence electrons. The first-order valence-corrected chi connectivity index (χ1v) is 7.25. The summed E-state index contributed by atoms with van der Waals surface area (Å²) in [5, 5.41) is 3.45. The second-order valence-electron chi connectivity index (χ2n) is 5.55. The summed E-state index contributed by atoms with van der Waals surface area (Å²) in [6, 6.07) is 15.4. The van der Waals surface area contributed by atoms with Gasteiger partial charge in [-0.1, -0.05) is 42.5 Å². The summed E-state index contributed by atoms with van der Waals surface area (Å²) in [6.07, 6.45) is 1.24. The Morgan fingerprint density at radius 1 is 1.10 bits per heavy atom. The average molecular weight is 304 g/mol. The molecule has 1 atom stereocenters. The molecule has 0 aliphatic carbocycles. The minimum atomic E-state index is 0. The van der Waals surface area contributed by atoms with E-state index in [2.05, 4.69) is 43.4 Å². The molecule has 21 heavy (non-hydrogen) atoms. The molecule has 2 aromatic carbocycles. The van der Waals surface area contributed by atoms with Crippen molar-refractivity contribution in [3.05, 3.63) is 64.7 Å². The predicted octanol–water partition coefficient (Wildman–Crippen LogP) is 4.34. The first kappa shape index (κ1) is 15.9. The van der Waals surface area contributed by atoms with E-state index >= 15 is 0 Å². The number of aryl methyl sites for hydroxylation is 2. The van der Waals surface area contributed by atoms with Crippen LogP contribution in [0.25, 0.3) is 0 Å². The van der Waals surface area contributed by atoms with E-state index in [-0.39, 0.29) is 12.4 Å². The molecule has 3 heteroatoms. The molecule has 0 saturated carbocycles. The largest absolute Gasteiger partial charge is 0.488 e. The topological polar surface area (TPSA) is 21.3 Å². The number of nitrogens with one attached hydrogen (secondary N) is 1. The maximum atomic E-state index is 6.02. The predicted molar refractivity (Wildman–Crippen MR) is 89.3 cm³/mol. The molecule has 1 saturated heterocycles. The van der Waals surface area contributed by atoms with Crippen molar-refractivity contribution in [2.45, 2.75) is 32.9 Å². The molecule has 0 aromatic heterocycles. The monoisotopic (exact) mass is 303 g/mol. The Morgan fingerprint density at radius 3 is 2.24 bits per heavy atom. The summed E-state index contributed by atoms with van der Waals surface area (Å²) >= 11 is 0. The van der Waals surface area contributed by atoms with E-state index in [1.165, 1.54) is 28.7 Å². The zero-order valence-corrected chi connectivity index (χ0v) is 13.4. The summed E-state index contributed by atoms with van der Waals surface area (Å²) < 4.78 is 6.02. The fraction of sp³-hybridized carbons (Fsp3) is 0.333. The van der Waals surface area contributed by atoms with Crippen molar-refractivity contribution >= 4 is 12.4 Å². The number of rotatable bonds is 4. The van der Waals surface area contributed by atoms with Gasteiger partial charge in [0.25, 0.3) is 0 Å². The minimum Gasteiger partial charge on any atom is -0.488 e. The highest BCUT2D eigenvalue weighted by Crippen LogP contribution is 2.31. The summed E-state index contributed by atoms with van der Waals surface area (Å²) in [5.41, 5.74) is 5.05. The lowest BCUT2D eigenvalue weighted by molar-refractivity contribution is 0.301. The van der Waals surface area contributed by atoms with Gasteiger partial charge >= 0.3 is 0 Å². The highest BCUT2D eigenvalue weighted by molar-refractivity contribution is 5.85.